The maximum atomic E-state index is 12.5. The summed E-state index contributed by atoms with van der Waals surface area (Å²) in [6.45, 7) is 0. The van der Waals surface area contributed by atoms with Gasteiger partial charge in [-0.1, -0.05) is 11.6 Å². The van der Waals surface area contributed by atoms with Crippen LogP contribution in [0.3, 0.4) is 0 Å². The first-order valence-corrected chi connectivity index (χ1v) is 4.86. The van der Waals surface area contributed by atoms with Gasteiger partial charge >= 0.3 is 29.6 Å². The average Bonchev–Trinajstić information content (AvgIpc) is 1.94. The summed E-state index contributed by atoms with van der Waals surface area (Å²) in [5, 5.41) is -0.256. The Morgan fingerprint density at radius 1 is 1.43 bits per heavy atom. The second kappa shape index (κ2) is 5.29. The second-order valence-electron chi connectivity index (χ2n) is 2.19. The van der Waals surface area contributed by atoms with Gasteiger partial charge in [-0.05, 0) is 18.2 Å². The first kappa shape index (κ1) is 14.2. The summed E-state index contributed by atoms with van der Waals surface area (Å²) in [4.78, 5) is 0. The van der Waals surface area contributed by atoms with Crippen LogP contribution < -0.4 is 34.3 Å². The minimum Gasteiger partial charge on any atom is -0.731 e. The molecule has 1 aromatic carbocycles. The van der Waals surface area contributed by atoms with E-state index in [1.54, 1.807) is 4.72 Å². The SMILES string of the molecule is O=S(=O)([O-])Nc1ccc(F)c(Cl)c1.[Na+]. The summed E-state index contributed by atoms with van der Waals surface area (Å²) in [7, 11) is -4.59. The Hall–Kier alpha value is 0.150. The minimum atomic E-state index is -4.59. The van der Waals surface area contributed by atoms with Gasteiger partial charge in [0.2, 0.25) is 0 Å². The van der Waals surface area contributed by atoms with Crippen molar-refractivity contribution in [3.63, 3.8) is 0 Å². The smallest absolute Gasteiger partial charge is 0.731 e. The molecule has 0 unspecified atom stereocenters. The Kier molecular flexibility index (Phi) is 5.35. The van der Waals surface area contributed by atoms with Crippen molar-refractivity contribution in [2.45, 2.75) is 0 Å². The van der Waals surface area contributed by atoms with Gasteiger partial charge in [-0.15, -0.1) is 0 Å². The molecule has 0 aliphatic heterocycles. The number of anilines is 1. The van der Waals surface area contributed by atoms with E-state index in [4.69, 9.17) is 11.6 Å². The van der Waals surface area contributed by atoms with Crippen LogP contribution in [0, 0.1) is 5.82 Å². The monoisotopic (exact) mass is 247 g/mol. The molecule has 1 N–H and O–H groups in total. The number of hydrogen-bond acceptors (Lipinski definition) is 3. The topological polar surface area (TPSA) is 69.2 Å². The van der Waals surface area contributed by atoms with Crippen LogP contribution >= 0.6 is 11.6 Å². The molecule has 0 fully saturated rings. The van der Waals surface area contributed by atoms with Crippen LogP contribution in [-0.2, 0) is 10.3 Å². The molecular formula is C6H4ClFNNaO3S. The van der Waals surface area contributed by atoms with Crippen molar-refractivity contribution in [2.24, 2.45) is 0 Å². The fraction of sp³-hybridized carbons (Fsp3) is 0. The predicted octanol–water partition coefficient (Wildman–Crippen LogP) is -1.64. The molecule has 0 saturated carbocycles. The molecule has 0 heterocycles. The van der Waals surface area contributed by atoms with Crippen molar-refractivity contribution in [2.75, 3.05) is 4.72 Å². The zero-order chi connectivity index (χ0) is 10.1. The van der Waals surface area contributed by atoms with Crippen LogP contribution in [0.5, 0.6) is 0 Å². The van der Waals surface area contributed by atoms with Crippen molar-refractivity contribution in [1.29, 1.82) is 0 Å². The van der Waals surface area contributed by atoms with Crippen LogP contribution in [0.2, 0.25) is 5.02 Å². The number of nitrogens with one attached hydrogen (secondary N) is 1. The molecule has 72 valence electrons. The van der Waals surface area contributed by atoms with E-state index in [2.05, 4.69) is 0 Å². The maximum Gasteiger partial charge on any atom is 1.00 e. The third kappa shape index (κ3) is 4.59. The van der Waals surface area contributed by atoms with Crippen LogP contribution in [0.1, 0.15) is 0 Å². The molecule has 1 aromatic rings. The first-order valence-electron chi connectivity index (χ1n) is 3.07. The molecule has 0 aromatic heterocycles. The van der Waals surface area contributed by atoms with Crippen molar-refractivity contribution in [3.05, 3.63) is 29.0 Å². The largest absolute Gasteiger partial charge is 1.00 e. The Bertz CT molecular complexity index is 425. The summed E-state index contributed by atoms with van der Waals surface area (Å²) in [6.07, 6.45) is 0. The molecule has 0 spiro atoms. The van der Waals surface area contributed by atoms with E-state index in [1.807, 2.05) is 0 Å². The van der Waals surface area contributed by atoms with Crippen LogP contribution in [0.15, 0.2) is 18.2 Å². The first-order chi connectivity index (χ1) is 5.88. The van der Waals surface area contributed by atoms with E-state index in [1.165, 1.54) is 0 Å². The van der Waals surface area contributed by atoms with Crippen molar-refractivity contribution >= 4 is 27.6 Å². The molecule has 0 atom stereocenters. The molecule has 1 rings (SSSR count). The molecule has 0 amide bonds. The summed E-state index contributed by atoms with van der Waals surface area (Å²) in [6, 6.07) is 3.05. The summed E-state index contributed by atoms with van der Waals surface area (Å²) < 4.78 is 44.7. The van der Waals surface area contributed by atoms with E-state index in [0.29, 0.717) is 0 Å². The van der Waals surface area contributed by atoms with Gasteiger partial charge in [0.05, 0.1) is 5.02 Å². The minimum absolute atomic E-state index is 0. The number of benzene rings is 1. The Balaban J connectivity index is 0.00000169. The van der Waals surface area contributed by atoms with Crippen molar-refractivity contribution in [3.8, 4) is 0 Å². The molecule has 4 nitrogen and oxygen atoms in total. The summed E-state index contributed by atoms with van der Waals surface area (Å²) in [5.41, 5.74) is -0.0681. The van der Waals surface area contributed by atoms with E-state index < -0.39 is 16.1 Å². The van der Waals surface area contributed by atoms with Crippen molar-refractivity contribution in [1.82, 2.24) is 0 Å². The van der Waals surface area contributed by atoms with Crippen LogP contribution in [0.4, 0.5) is 10.1 Å². The second-order valence-corrected chi connectivity index (χ2v) is 3.70. The number of hydrogen-bond donors (Lipinski definition) is 1. The van der Waals surface area contributed by atoms with Gasteiger partial charge in [0.15, 0.2) is 10.3 Å². The Morgan fingerprint density at radius 2 is 2.00 bits per heavy atom. The van der Waals surface area contributed by atoms with Gasteiger partial charge in [-0.25, -0.2) is 12.8 Å². The van der Waals surface area contributed by atoms with Crippen LogP contribution in [0.25, 0.3) is 0 Å². The quantitative estimate of drug-likeness (QED) is 0.503. The van der Waals surface area contributed by atoms with Gasteiger partial charge in [0, 0.05) is 5.69 Å². The Morgan fingerprint density at radius 3 is 2.43 bits per heavy atom. The van der Waals surface area contributed by atoms with Crippen LogP contribution in [-0.4, -0.2) is 13.0 Å². The fourth-order valence-corrected chi connectivity index (χ4v) is 1.30. The Labute approximate surface area is 108 Å². The molecule has 0 bridgehead atoms. The van der Waals surface area contributed by atoms with Gasteiger partial charge in [-0.2, -0.15) is 0 Å². The maximum absolute atomic E-state index is 12.5. The molecule has 0 saturated heterocycles. The fourth-order valence-electron chi connectivity index (χ4n) is 0.704. The number of rotatable bonds is 2. The molecule has 0 aliphatic rings. The van der Waals surface area contributed by atoms with Gasteiger partial charge < -0.3 is 4.55 Å². The zero-order valence-corrected chi connectivity index (χ0v) is 10.7. The summed E-state index contributed by atoms with van der Waals surface area (Å²) >= 11 is 5.33. The van der Waals surface area contributed by atoms with Crippen molar-refractivity contribution < 1.29 is 46.9 Å². The van der Waals surface area contributed by atoms with Gasteiger partial charge in [0.25, 0.3) is 0 Å². The molecule has 0 radical (unpaired) electrons. The normalized spacial score (nSPS) is 10.5. The molecule has 14 heavy (non-hydrogen) atoms. The molecule has 0 aliphatic carbocycles. The molecular weight excluding hydrogens is 244 g/mol. The average molecular weight is 248 g/mol. The molecule has 8 heteroatoms. The third-order valence-corrected chi connectivity index (χ3v) is 1.94. The third-order valence-electron chi connectivity index (χ3n) is 1.16. The van der Waals surface area contributed by atoms with Gasteiger partial charge in [0.1, 0.15) is 5.82 Å². The number of halogens is 2. The van der Waals surface area contributed by atoms with E-state index in [9.17, 15) is 17.4 Å². The van der Waals surface area contributed by atoms with E-state index in [0.717, 1.165) is 18.2 Å². The predicted molar refractivity (Wildman–Crippen MR) is 44.7 cm³/mol. The van der Waals surface area contributed by atoms with E-state index in [-0.39, 0.29) is 40.3 Å². The van der Waals surface area contributed by atoms with E-state index >= 15 is 0 Å². The zero-order valence-electron chi connectivity index (χ0n) is 7.12. The standard InChI is InChI=1S/C6H5ClFNO3S.Na/c7-5-3-4(1-2-6(5)8)9-13(10,11)12;/h1-3,9H,(H,10,11,12);/q;+1/p-1. The summed E-state index contributed by atoms with van der Waals surface area (Å²) in [5.74, 6) is -0.685. The van der Waals surface area contributed by atoms with Gasteiger partial charge in [-0.3, -0.25) is 4.72 Å².